The Bertz CT molecular complexity index is 938. The van der Waals surface area contributed by atoms with Gasteiger partial charge in [-0.3, -0.25) is 4.79 Å². The number of amides is 1. The van der Waals surface area contributed by atoms with Crippen molar-refractivity contribution in [3.63, 3.8) is 0 Å². The summed E-state index contributed by atoms with van der Waals surface area (Å²) >= 11 is 5.90. The second-order valence-corrected chi connectivity index (χ2v) is 7.38. The van der Waals surface area contributed by atoms with Crippen LogP contribution in [0.1, 0.15) is 37.6 Å². The first-order valence-corrected chi connectivity index (χ1v) is 9.97. The molecule has 7 heteroatoms. The highest BCUT2D eigenvalue weighted by Gasteiger charge is 2.11. The molecule has 0 aliphatic heterocycles. The first kappa shape index (κ1) is 20.9. The first-order chi connectivity index (χ1) is 14.0. The molecular weight excluding hydrogens is 390 g/mol. The normalized spacial score (nSPS) is 10.9. The van der Waals surface area contributed by atoms with Gasteiger partial charge < -0.3 is 14.6 Å². The van der Waals surface area contributed by atoms with Crippen molar-refractivity contribution in [1.29, 1.82) is 0 Å². The molecule has 0 spiro atoms. The fraction of sp³-hybridized carbons (Fsp3) is 0.318. The van der Waals surface area contributed by atoms with Crippen LogP contribution in [-0.4, -0.2) is 29.2 Å². The Labute approximate surface area is 175 Å². The molecule has 1 heterocycles. The Kier molecular flexibility index (Phi) is 7.25. The molecule has 0 aliphatic rings. The van der Waals surface area contributed by atoms with Gasteiger partial charge in [-0.2, -0.15) is 4.98 Å². The van der Waals surface area contributed by atoms with Crippen LogP contribution in [0, 0.1) is 0 Å². The number of ether oxygens (including phenoxy) is 1. The molecule has 3 rings (SSSR count). The highest BCUT2D eigenvalue weighted by atomic mass is 35.5. The van der Waals surface area contributed by atoms with E-state index in [1.807, 2.05) is 24.3 Å². The second-order valence-electron chi connectivity index (χ2n) is 6.94. The smallest absolute Gasteiger partial charge is 0.227 e. The Morgan fingerprint density at radius 3 is 2.72 bits per heavy atom. The van der Waals surface area contributed by atoms with Gasteiger partial charge in [0, 0.05) is 23.4 Å². The van der Waals surface area contributed by atoms with Gasteiger partial charge in [0.15, 0.2) is 0 Å². The van der Waals surface area contributed by atoms with E-state index in [0.717, 1.165) is 5.56 Å². The number of carbonyl (C=O) groups is 1. The second kappa shape index (κ2) is 10.1. The summed E-state index contributed by atoms with van der Waals surface area (Å²) in [5.41, 5.74) is 2.15. The molecule has 152 valence electrons. The molecule has 1 N–H and O–H groups in total. The highest BCUT2D eigenvalue weighted by molar-refractivity contribution is 6.30. The topological polar surface area (TPSA) is 77.2 Å². The zero-order valence-corrected chi connectivity index (χ0v) is 17.3. The number of nitrogens with zero attached hydrogens (tertiary/aromatic N) is 2. The third kappa shape index (κ3) is 6.32. The number of hydrogen-bond donors (Lipinski definition) is 1. The van der Waals surface area contributed by atoms with Gasteiger partial charge in [-0.1, -0.05) is 60.9 Å². The summed E-state index contributed by atoms with van der Waals surface area (Å²) in [6.45, 7) is 5.07. The zero-order chi connectivity index (χ0) is 20.6. The van der Waals surface area contributed by atoms with Crippen molar-refractivity contribution in [3.05, 3.63) is 65.0 Å². The van der Waals surface area contributed by atoms with Crippen LogP contribution in [0.3, 0.4) is 0 Å². The molecule has 0 unspecified atom stereocenters. The van der Waals surface area contributed by atoms with Crippen LogP contribution in [-0.2, 0) is 11.2 Å². The van der Waals surface area contributed by atoms with Crippen molar-refractivity contribution in [3.8, 4) is 17.1 Å². The van der Waals surface area contributed by atoms with Gasteiger partial charge in [0.05, 0.1) is 6.54 Å². The van der Waals surface area contributed by atoms with E-state index in [2.05, 4.69) is 41.4 Å². The van der Waals surface area contributed by atoms with E-state index in [-0.39, 0.29) is 12.3 Å². The summed E-state index contributed by atoms with van der Waals surface area (Å²) in [7, 11) is 0. The Morgan fingerprint density at radius 2 is 2.00 bits per heavy atom. The predicted octanol–water partition coefficient (Wildman–Crippen LogP) is 4.64. The quantitative estimate of drug-likeness (QED) is 0.517. The minimum atomic E-state index is -0.0965. The summed E-state index contributed by atoms with van der Waals surface area (Å²) in [5.74, 6) is 2.02. The Morgan fingerprint density at radius 1 is 1.21 bits per heavy atom. The van der Waals surface area contributed by atoms with Crippen molar-refractivity contribution in [1.82, 2.24) is 15.5 Å². The molecule has 29 heavy (non-hydrogen) atoms. The largest absolute Gasteiger partial charge is 0.492 e. The van der Waals surface area contributed by atoms with Crippen molar-refractivity contribution >= 4 is 17.5 Å². The molecule has 6 nitrogen and oxygen atoms in total. The lowest BCUT2D eigenvalue weighted by atomic mass is 10.0. The van der Waals surface area contributed by atoms with Crippen LogP contribution in [0.15, 0.2) is 53.1 Å². The van der Waals surface area contributed by atoms with Gasteiger partial charge >= 0.3 is 0 Å². The molecule has 0 atom stereocenters. The standard InChI is InChI=1S/C22H24ClN3O3/c1-15(2)16-6-8-17(9-7-16)22-25-21(29-26-22)11-10-20(27)24-12-13-28-19-5-3-4-18(23)14-19/h3-9,14-15H,10-13H2,1-2H3,(H,24,27). The van der Waals surface area contributed by atoms with E-state index >= 15 is 0 Å². The van der Waals surface area contributed by atoms with Crippen LogP contribution >= 0.6 is 11.6 Å². The number of aromatic nitrogens is 2. The summed E-state index contributed by atoms with van der Waals surface area (Å²) in [6, 6.07) is 15.2. The summed E-state index contributed by atoms with van der Waals surface area (Å²) in [4.78, 5) is 16.4. The van der Waals surface area contributed by atoms with Crippen LogP contribution in [0.25, 0.3) is 11.4 Å². The van der Waals surface area contributed by atoms with Gasteiger partial charge in [-0.15, -0.1) is 0 Å². The molecule has 2 aromatic carbocycles. The number of hydrogen-bond acceptors (Lipinski definition) is 5. The lowest BCUT2D eigenvalue weighted by Crippen LogP contribution is -2.28. The molecule has 0 aliphatic carbocycles. The van der Waals surface area contributed by atoms with Crippen LogP contribution in [0.4, 0.5) is 0 Å². The summed E-state index contributed by atoms with van der Waals surface area (Å²) < 4.78 is 10.8. The van der Waals surface area contributed by atoms with Crippen molar-refractivity contribution in [2.45, 2.75) is 32.6 Å². The third-order valence-electron chi connectivity index (χ3n) is 4.36. The maximum absolute atomic E-state index is 12.0. The van der Waals surface area contributed by atoms with Gasteiger partial charge in [0.1, 0.15) is 12.4 Å². The maximum Gasteiger partial charge on any atom is 0.227 e. The highest BCUT2D eigenvalue weighted by Crippen LogP contribution is 2.21. The Balaban J connectivity index is 1.40. The van der Waals surface area contributed by atoms with Crippen LogP contribution in [0.5, 0.6) is 5.75 Å². The lowest BCUT2D eigenvalue weighted by molar-refractivity contribution is -0.121. The van der Waals surface area contributed by atoms with Crippen LogP contribution in [0.2, 0.25) is 5.02 Å². The van der Waals surface area contributed by atoms with E-state index < -0.39 is 0 Å². The molecule has 0 radical (unpaired) electrons. The molecule has 3 aromatic rings. The van der Waals surface area contributed by atoms with E-state index in [1.165, 1.54) is 5.56 Å². The zero-order valence-electron chi connectivity index (χ0n) is 16.5. The van der Waals surface area contributed by atoms with Crippen molar-refractivity contribution in [2.75, 3.05) is 13.2 Å². The van der Waals surface area contributed by atoms with Crippen LogP contribution < -0.4 is 10.1 Å². The predicted molar refractivity (Wildman–Crippen MR) is 112 cm³/mol. The van der Waals surface area contributed by atoms with Crippen molar-refractivity contribution in [2.24, 2.45) is 0 Å². The molecule has 0 saturated heterocycles. The average molecular weight is 414 g/mol. The Hall–Kier alpha value is -2.86. The van der Waals surface area contributed by atoms with Gasteiger partial charge in [0.2, 0.25) is 17.6 Å². The molecule has 0 saturated carbocycles. The maximum atomic E-state index is 12.0. The number of nitrogens with one attached hydrogen (secondary N) is 1. The number of benzene rings is 2. The molecule has 1 amide bonds. The third-order valence-corrected chi connectivity index (χ3v) is 4.59. The summed E-state index contributed by atoms with van der Waals surface area (Å²) in [5, 5.41) is 7.42. The average Bonchev–Trinajstić information content (AvgIpc) is 3.19. The monoisotopic (exact) mass is 413 g/mol. The summed E-state index contributed by atoms with van der Waals surface area (Å²) in [6.07, 6.45) is 0.656. The molecule has 0 bridgehead atoms. The van der Waals surface area contributed by atoms with Gasteiger partial charge in [-0.05, 0) is 29.7 Å². The minimum absolute atomic E-state index is 0.0965. The van der Waals surface area contributed by atoms with Gasteiger partial charge in [-0.25, -0.2) is 0 Å². The van der Waals surface area contributed by atoms with E-state index in [9.17, 15) is 4.79 Å². The van der Waals surface area contributed by atoms with Gasteiger partial charge in [0.25, 0.3) is 0 Å². The number of halogens is 1. The van der Waals surface area contributed by atoms with Crippen molar-refractivity contribution < 1.29 is 14.1 Å². The molecule has 0 fully saturated rings. The fourth-order valence-electron chi connectivity index (χ4n) is 2.72. The molecule has 1 aromatic heterocycles. The van der Waals surface area contributed by atoms with E-state index in [0.29, 0.717) is 48.0 Å². The first-order valence-electron chi connectivity index (χ1n) is 9.59. The van der Waals surface area contributed by atoms with E-state index in [4.69, 9.17) is 20.9 Å². The number of aryl methyl sites for hydroxylation is 1. The fourth-order valence-corrected chi connectivity index (χ4v) is 2.90. The SMILES string of the molecule is CC(C)c1ccc(-c2noc(CCC(=O)NCCOc3cccc(Cl)c3)n2)cc1. The minimum Gasteiger partial charge on any atom is -0.492 e. The number of rotatable bonds is 9. The number of carbonyl (C=O) groups excluding carboxylic acids is 1. The lowest BCUT2D eigenvalue weighted by Gasteiger charge is -2.07. The molecular formula is C22H24ClN3O3. The van der Waals surface area contributed by atoms with E-state index in [1.54, 1.807) is 12.1 Å².